The number of hydrogen-bond donors (Lipinski definition) is 1. The molecule has 0 spiro atoms. The summed E-state index contributed by atoms with van der Waals surface area (Å²) in [5.74, 6) is -0.440. The number of nitrogens with one attached hydrogen (secondary N) is 1. The van der Waals surface area contributed by atoms with Gasteiger partial charge in [0, 0.05) is 25.4 Å². The molecule has 0 atom stereocenters. The first-order valence-corrected chi connectivity index (χ1v) is 7.14. The Hall–Kier alpha value is -2.69. The minimum atomic E-state index is -0.324. The summed E-state index contributed by atoms with van der Waals surface area (Å²) in [6.45, 7) is 0.512. The number of fused-ring (bicyclic) bond motifs is 1. The monoisotopic (exact) mass is 297 g/mol. The molecule has 0 unspecified atom stereocenters. The Morgan fingerprint density at radius 3 is 2.95 bits per heavy atom. The lowest BCUT2D eigenvalue weighted by atomic mass is 10.1. The summed E-state index contributed by atoms with van der Waals surface area (Å²) in [5.41, 5.74) is 2.49. The summed E-state index contributed by atoms with van der Waals surface area (Å²) in [6, 6.07) is 11.9. The summed E-state index contributed by atoms with van der Waals surface area (Å²) >= 11 is 0. The van der Waals surface area contributed by atoms with Gasteiger partial charge in [-0.05, 0) is 29.8 Å². The Morgan fingerprint density at radius 1 is 1.23 bits per heavy atom. The van der Waals surface area contributed by atoms with Gasteiger partial charge in [-0.15, -0.1) is 0 Å². The molecule has 3 rings (SSSR count). The molecule has 1 N–H and O–H groups in total. The van der Waals surface area contributed by atoms with Gasteiger partial charge in [0.2, 0.25) is 5.91 Å². The zero-order chi connectivity index (χ0) is 15.4. The normalized spacial score (nSPS) is 10.8. The van der Waals surface area contributed by atoms with Crippen LogP contribution >= 0.6 is 0 Å². The maximum absolute atomic E-state index is 13.1. The van der Waals surface area contributed by atoms with Gasteiger partial charge in [0.25, 0.3) is 0 Å². The molecule has 0 aliphatic carbocycles. The van der Waals surface area contributed by atoms with Gasteiger partial charge in [0.15, 0.2) is 0 Å². The SMILES string of the molecule is O=C(Cc1cccc(F)c1)NCCc1cn2ccccc2n1. The Bertz CT molecular complexity index is 764. The van der Waals surface area contributed by atoms with E-state index in [4.69, 9.17) is 0 Å². The van der Waals surface area contributed by atoms with Crippen LogP contribution in [0.1, 0.15) is 11.3 Å². The van der Waals surface area contributed by atoms with Crippen molar-refractivity contribution in [2.24, 2.45) is 0 Å². The predicted molar refractivity (Wildman–Crippen MR) is 82.0 cm³/mol. The zero-order valence-electron chi connectivity index (χ0n) is 12.0. The van der Waals surface area contributed by atoms with Crippen LogP contribution in [0.15, 0.2) is 54.9 Å². The Kier molecular flexibility index (Phi) is 4.14. The van der Waals surface area contributed by atoms with E-state index >= 15 is 0 Å². The van der Waals surface area contributed by atoms with E-state index in [9.17, 15) is 9.18 Å². The number of nitrogens with zero attached hydrogens (tertiary/aromatic N) is 2. The van der Waals surface area contributed by atoms with Crippen molar-refractivity contribution in [2.75, 3.05) is 6.54 Å². The quantitative estimate of drug-likeness (QED) is 0.786. The van der Waals surface area contributed by atoms with Crippen LogP contribution in [0.2, 0.25) is 0 Å². The maximum atomic E-state index is 13.1. The van der Waals surface area contributed by atoms with Crippen LogP contribution in [0.4, 0.5) is 4.39 Å². The van der Waals surface area contributed by atoms with Gasteiger partial charge in [-0.3, -0.25) is 4.79 Å². The number of pyridine rings is 1. The molecular weight excluding hydrogens is 281 g/mol. The average Bonchev–Trinajstić information content (AvgIpc) is 2.90. The fraction of sp³-hybridized carbons (Fsp3) is 0.176. The number of rotatable bonds is 5. The third-order valence-electron chi connectivity index (χ3n) is 3.37. The lowest BCUT2D eigenvalue weighted by Gasteiger charge is -2.04. The molecule has 0 bridgehead atoms. The van der Waals surface area contributed by atoms with Crippen molar-refractivity contribution in [3.63, 3.8) is 0 Å². The zero-order valence-corrected chi connectivity index (χ0v) is 12.0. The molecule has 0 aliphatic heterocycles. The molecule has 0 saturated carbocycles. The van der Waals surface area contributed by atoms with E-state index in [1.54, 1.807) is 12.1 Å². The fourth-order valence-corrected chi connectivity index (χ4v) is 2.33. The van der Waals surface area contributed by atoms with E-state index < -0.39 is 0 Å². The van der Waals surface area contributed by atoms with Gasteiger partial charge in [-0.2, -0.15) is 0 Å². The first kappa shape index (κ1) is 14.3. The molecule has 0 saturated heterocycles. The number of amides is 1. The number of aromatic nitrogens is 2. The number of carbonyl (C=O) groups is 1. The summed E-state index contributed by atoms with van der Waals surface area (Å²) < 4.78 is 15.0. The molecule has 0 fully saturated rings. The van der Waals surface area contributed by atoms with Crippen molar-refractivity contribution in [1.82, 2.24) is 14.7 Å². The van der Waals surface area contributed by atoms with Crippen LogP contribution in [0, 0.1) is 5.82 Å². The van der Waals surface area contributed by atoms with E-state index in [-0.39, 0.29) is 18.1 Å². The molecule has 22 heavy (non-hydrogen) atoms. The van der Waals surface area contributed by atoms with Crippen molar-refractivity contribution in [1.29, 1.82) is 0 Å². The molecule has 0 aliphatic rings. The van der Waals surface area contributed by atoms with Crippen molar-refractivity contribution in [2.45, 2.75) is 12.8 Å². The molecular formula is C17H16FN3O. The van der Waals surface area contributed by atoms with E-state index in [0.29, 0.717) is 18.5 Å². The van der Waals surface area contributed by atoms with Crippen LogP contribution in [-0.2, 0) is 17.6 Å². The van der Waals surface area contributed by atoms with Crippen LogP contribution in [-0.4, -0.2) is 21.8 Å². The molecule has 4 nitrogen and oxygen atoms in total. The second-order valence-electron chi connectivity index (χ2n) is 5.10. The molecule has 3 aromatic rings. The molecule has 1 aromatic carbocycles. The second kappa shape index (κ2) is 6.39. The molecule has 112 valence electrons. The highest BCUT2D eigenvalue weighted by Crippen LogP contribution is 2.06. The van der Waals surface area contributed by atoms with Crippen LogP contribution in [0.3, 0.4) is 0 Å². The Morgan fingerprint density at radius 2 is 2.14 bits per heavy atom. The van der Waals surface area contributed by atoms with Gasteiger partial charge in [0.1, 0.15) is 11.5 Å². The third kappa shape index (κ3) is 3.49. The van der Waals surface area contributed by atoms with E-state index in [2.05, 4.69) is 10.3 Å². The number of imidazole rings is 1. The average molecular weight is 297 g/mol. The summed E-state index contributed by atoms with van der Waals surface area (Å²) in [6.07, 6.45) is 4.74. The molecule has 0 radical (unpaired) electrons. The minimum absolute atomic E-state index is 0.116. The first-order chi connectivity index (χ1) is 10.7. The van der Waals surface area contributed by atoms with Crippen molar-refractivity contribution < 1.29 is 9.18 Å². The molecule has 2 aromatic heterocycles. The van der Waals surface area contributed by atoms with Crippen LogP contribution in [0.5, 0.6) is 0 Å². The van der Waals surface area contributed by atoms with Gasteiger partial charge in [-0.1, -0.05) is 18.2 Å². The lowest BCUT2D eigenvalue weighted by molar-refractivity contribution is -0.120. The van der Waals surface area contributed by atoms with Crippen molar-refractivity contribution >= 4 is 11.6 Å². The van der Waals surface area contributed by atoms with Gasteiger partial charge >= 0.3 is 0 Å². The Labute approximate surface area is 127 Å². The minimum Gasteiger partial charge on any atom is -0.355 e. The number of carbonyl (C=O) groups excluding carboxylic acids is 1. The summed E-state index contributed by atoms with van der Waals surface area (Å²) in [5, 5.41) is 2.83. The molecule has 2 heterocycles. The standard InChI is InChI=1S/C17H16FN3O/c18-14-5-3-4-13(10-14)11-17(22)19-8-7-15-12-21-9-2-1-6-16(21)20-15/h1-6,9-10,12H,7-8,11H2,(H,19,22). The largest absolute Gasteiger partial charge is 0.355 e. The molecule has 5 heteroatoms. The number of benzene rings is 1. The van der Waals surface area contributed by atoms with Crippen molar-refractivity contribution in [3.05, 3.63) is 71.9 Å². The maximum Gasteiger partial charge on any atom is 0.224 e. The first-order valence-electron chi connectivity index (χ1n) is 7.14. The Balaban J connectivity index is 1.51. The molecule has 1 amide bonds. The van der Waals surface area contributed by atoms with Gasteiger partial charge in [-0.25, -0.2) is 9.37 Å². The van der Waals surface area contributed by atoms with Crippen LogP contribution < -0.4 is 5.32 Å². The van der Waals surface area contributed by atoms with Gasteiger partial charge < -0.3 is 9.72 Å². The third-order valence-corrected chi connectivity index (χ3v) is 3.37. The second-order valence-corrected chi connectivity index (χ2v) is 5.10. The predicted octanol–water partition coefficient (Wildman–Crippen LogP) is 2.37. The smallest absolute Gasteiger partial charge is 0.224 e. The van der Waals surface area contributed by atoms with E-state index in [0.717, 1.165) is 11.3 Å². The highest BCUT2D eigenvalue weighted by molar-refractivity contribution is 5.78. The topological polar surface area (TPSA) is 46.4 Å². The number of halogens is 1. The van der Waals surface area contributed by atoms with E-state index in [1.807, 2.05) is 35.0 Å². The summed E-state index contributed by atoms with van der Waals surface area (Å²) in [4.78, 5) is 16.3. The summed E-state index contributed by atoms with van der Waals surface area (Å²) in [7, 11) is 0. The highest BCUT2D eigenvalue weighted by atomic mass is 19.1. The number of hydrogen-bond acceptors (Lipinski definition) is 2. The van der Waals surface area contributed by atoms with Crippen LogP contribution in [0.25, 0.3) is 5.65 Å². The van der Waals surface area contributed by atoms with Gasteiger partial charge in [0.05, 0.1) is 12.1 Å². The van der Waals surface area contributed by atoms with E-state index in [1.165, 1.54) is 12.1 Å². The lowest BCUT2D eigenvalue weighted by Crippen LogP contribution is -2.27. The highest BCUT2D eigenvalue weighted by Gasteiger charge is 2.05. The fourth-order valence-electron chi connectivity index (χ4n) is 2.33. The van der Waals surface area contributed by atoms with Crippen molar-refractivity contribution in [3.8, 4) is 0 Å².